The third-order valence-corrected chi connectivity index (χ3v) is 1.87. The van der Waals surface area contributed by atoms with Crippen LogP contribution in [0.1, 0.15) is 25.5 Å². The Morgan fingerprint density at radius 2 is 2.25 bits per heavy atom. The highest BCUT2D eigenvalue weighted by Crippen LogP contribution is 2.24. The van der Waals surface area contributed by atoms with Gasteiger partial charge in [0.25, 0.3) is 0 Å². The summed E-state index contributed by atoms with van der Waals surface area (Å²) >= 11 is 0. The van der Waals surface area contributed by atoms with Gasteiger partial charge in [-0.15, -0.1) is 5.10 Å². The van der Waals surface area contributed by atoms with Crippen molar-refractivity contribution >= 4 is 0 Å². The molecule has 0 atom stereocenters. The van der Waals surface area contributed by atoms with Crippen LogP contribution in [0, 0.1) is 0 Å². The topological polar surface area (TPSA) is 35.0 Å². The SMILES string of the molecule is CCc1ccc(OC2CC2)nn1. The molecule has 2 rings (SSSR count). The summed E-state index contributed by atoms with van der Waals surface area (Å²) < 4.78 is 5.45. The molecule has 0 spiro atoms. The molecule has 3 heteroatoms. The Balaban J connectivity index is 2.02. The zero-order valence-corrected chi connectivity index (χ0v) is 7.16. The lowest BCUT2D eigenvalue weighted by molar-refractivity contribution is 0.287. The van der Waals surface area contributed by atoms with Crippen molar-refractivity contribution in [2.75, 3.05) is 0 Å². The molecule has 1 aliphatic carbocycles. The van der Waals surface area contributed by atoms with E-state index in [0.717, 1.165) is 25.0 Å². The second-order valence-corrected chi connectivity index (χ2v) is 3.03. The van der Waals surface area contributed by atoms with Gasteiger partial charge in [0.05, 0.1) is 5.69 Å². The van der Waals surface area contributed by atoms with Gasteiger partial charge in [-0.2, -0.15) is 5.10 Å². The maximum atomic E-state index is 5.45. The van der Waals surface area contributed by atoms with Crippen LogP contribution in [0.5, 0.6) is 5.88 Å². The maximum absolute atomic E-state index is 5.45. The summed E-state index contributed by atoms with van der Waals surface area (Å²) in [6.45, 7) is 2.06. The molecule has 0 saturated heterocycles. The van der Waals surface area contributed by atoms with Crippen molar-refractivity contribution in [1.29, 1.82) is 0 Å². The molecule has 0 unspecified atom stereocenters. The highest BCUT2D eigenvalue weighted by atomic mass is 16.5. The number of ether oxygens (including phenoxy) is 1. The Morgan fingerprint density at radius 1 is 1.42 bits per heavy atom. The van der Waals surface area contributed by atoms with Gasteiger partial charge in [0.2, 0.25) is 5.88 Å². The molecule has 0 radical (unpaired) electrons. The van der Waals surface area contributed by atoms with Crippen molar-refractivity contribution in [2.24, 2.45) is 0 Å². The third-order valence-electron chi connectivity index (χ3n) is 1.87. The van der Waals surface area contributed by atoms with E-state index in [0.29, 0.717) is 12.0 Å². The minimum absolute atomic E-state index is 0.409. The summed E-state index contributed by atoms with van der Waals surface area (Å²) in [4.78, 5) is 0. The Kier molecular flexibility index (Phi) is 1.94. The second kappa shape index (κ2) is 3.09. The first kappa shape index (κ1) is 7.53. The quantitative estimate of drug-likeness (QED) is 0.680. The summed E-state index contributed by atoms with van der Waals surface area (Å²) in [5, 5.41) is 7.96. The summed E-state index contributed by atoms with van der Waals surface area (Å²) in [5.41, 5.74) is 1.01. The van der Waals surface area contributed by atoms with Crippen LogP contribution in [-0.2, 0) is 6.42 Å². The molecule has 1 fully saturated rings. The van der Waals surface area contributed by atoms with Crippen molar-refractivity contribution in [1.82, 2.24) is 10.2 Å². The normalized spacial score (nSPS) is 16.1. The summed E-state index contributed by atoms with van der Waals surface area (Å²) in [6.07, 6.45) is 3.66. The van der Waals surface area contributed by atoms with E-state index in [-0.39, 0.29) is 0 Å². The molecule has 0 amide bonds. The van der Waals surface area contributed by atoms with Crippen molar-refractivity contribution in [3.63, 3.8) is 0 Å². The Hall–Kier alpha value is -1.12. The zero-order chi connectivity index (χ0) is 8.39. The molecule has 0 bridgehead atoms. The van der Waals surface area contributed by atoms with Crippen LogP contribution in [-0.4, -0.2) is 16.3 Å². The van der Waals surface area contributed by atoms with Gasteiger partial charge in [-0.3, -0.25) is 0 Å². The largest absolute Gasteiger partial charge is 0.473 e. The lowest BCUT2D eigenvalue weighted by atomic mass is 10.3. The van der Waals surface area contributed by atoms with Crippen LogP contribution in [0.3, 0.4) is 0 Å². The summed E-state index contributed by atoms with van der Waals surface area (Å²) in [7, 11) is 0. The van der Waals surface area contributed by atoms with Crippen molar-refractivity contribution in [3.05, 3.63) is 17.8 Å². The molecule has 1 aromatic rings. The van der Waals surface area contributed by atoms with Gasteiger partial charge in [-0.1, -0.05) is 6.92 Å². The van der Waals surface area contributed by atoms with Crippen LogP contribution >= 0.6 is 0 Å². The minimum atomic E-state index is 0.409. The predicted molar refractivity (Wildman–Crippen MR) is 45.1 cm³/mol. The molecule has 1 saturated carbocycles. The molecule has 1 aliphatic rings. The predicted octanol–water partition coefficient (Wildman–Crippen LogP) is 1.58. The first-order chi connectivity index (χ1) is 5.88. The number of aryl methyl sites for hydroxylation is 1. The molecular weight excluding hydrogens is 152 g/mol. The van der Waals surface area contributed by atoms with Gasteiger partial charge in [0, 0.05) is 6.07 Å². The summed E-state index contributed by atoms with van der Waals surface area (Å²) in [5.74, 6) is 0.662. The first-order valence-corrected chi connectivity index (χ1v) is 4.37. The fourth-order valence-corrected chi connectivity index (χ4v) is 0.956. The van der Waals surface area contributed by atoms with Gasteiger partial charge >= 0.3 is 0 Å². The monoisotopic (exact) mass is 164 g/mol. The molecule has 0 aromatic carbocycles. The van der Waals surface area contributed by atoms with Crippen molar-refractivity contribution < 1.29 is 4.74 Å². The van der Waals surface area contributed by atoms with Gasteiger partial charge < -0.3 is 4.74 Å². The van der Waals surface area contributed by atoms with Gasteiger partial charge in [0.1, 0.15) is 6.10 Å². The highest BCUT2D eigenvalue weighted by Gasteiger charge is 2.23. The standard InChI is InChI=1S/C9H12N2O/c1-2-7-3-6-9(11-10-7)12-8-4-5-8/h3,6,8H,2,4-5H2,1H3. The van der Waals surface area contributed by atoms with E-state index in [2.05, 4.69) is 17.1 Å². The van der Waals surface area contributed by atoms with E-state index in [4.69, 9.17) is 4.74 Å². The fourth-order valence-electron chi connectivity index (χ4n) is 0.956. The number of hydrogen-bond donors (Lipinski definition) is 0. The second-order valence-electron chi connectivity index (χ2n) is 3.03. The van der Waals surface area contributed by atoms with Crippen molar-refractivity contribution in [2.45, 2.75) is 32.3 Å². The van der Waals surface area contributed by atoms with E-state index in [1.54, 1.807) is 0 Å². The number of rotatable bonds is 3. The van der Waals surface area contributed by atoms with E-state index in [9.17, 15) is 0 Å². The van der Waals surface area contributed by atoms with Crippen LogP contribution in [0.4, 0.5) is 0 Å². The van der Waals surface area contributed by atoms with E-state index in [1.807, 2.05) is 12.1 Å². The van der Waals surface area contributed by atoms with Gasteiger partial charge in [-0.05, 0) is 25.3 Å². The van der Waals surface area contributed by atoms with E-state index < -0.39 is 0 Å². The highest BCUT2D eigenvalue weighted by molar-refractivity contribution is 5.12. The smallest absolute Gasteiger partial charge is 0.233 e. The van der Waals surface area contributed by atoms with Gasteiger partial charge in [-0.25, -0.2) is 0 Å². The summed E-state index contributed by atoms with van der Waals surface area (Å²) in [6, 6.07) is 3.86. The molecule has 1 aromatic heterocycles. The molecule has 1 heterocycles. The molecule has 3 nitrogen and oxygen atoms in total. The van der Waals surface area contributed by atoms with Gasteiger partial charge in [0.15, 0.2) is 0 Å². The molecule has 64 valence electrons. The van der Waals surface area contributed by atoms with Crippen LogP contribution in [0.15, 0.2) is 12.1 Å². The number of nitrogens with zero attached hydrogens (tertiary/aromatic N) is 2. The molecule has 0 aliphatic heterocycles. The number of hydrogen-bond acceptors (Lipinski definition) is 3. The number of aromatic nitrogens is 2. The van der Waals surface area contributed by atoms with Crippen molar-refractivity contribution in [3.8, 4) is 5.88 Å². The average Bonchev–Trinajstić information content (AvgIpc) is 2.90. The average molecular weight is 164 g/mol. The lowest BCUT2D eigenvalue weighted by Gasteiger charge is -2.01. The maximum Gasteiger partial charge on any atom is 0.233 e. The first-order valence-electron chi connectivity index (χ1n) is 4.37. The molecule has 0 N–H and O–H groups in total. The van der Waals surface area contributed by atoms with Crippen LogP contribution in [0.25, 0.3) is 0 Å². The Labute approximate surface area is 71.8 Å². The van der Waals surface area contributed by atoms with Crippen LogP contribution in [0.2, 0.25) is 0 Å². The Bertz CT molecular complexity index is 254. The minimum Gasteiger partial charge on any atom is -0.473 e. The zero-order valence-electron chi connectivity index (χ0n) is 7.16. The Morgan fingerprint density at radius 3 is 2.75 bits per heavy atom. The molecular formula is C9H12N2O. The van der Waals surface area contributed by atoms with E-state index in [1.165, 1.54) is 0 Å². The lowest BCUT2D eigenvalue weighted by Crippen LogP contribution is -2.00. The third kappa shape index (κ3) is 1.72. The van der Waals surface area contributed by atoms with Crippen LogP contribution < -0.4 is 4.74 Å². The van der Waals surface area contributed by atoms with E-state index >= 15 is 0 Å². The molecule has 12 heavy (non-hydrogen) atoms. The fraction of sp³-hybridized carbons (Fsp3) is 0.556.